The quantitative estimate of drug-likeness (QED) is 0.596. The molecule has 2 aromatic heterocycles. The van der Waals surface area contributed by atoms with Gasteiger partial charge in [-0.25, -0.2) is 0 Å². The minimum absolute atomic E-state index is 0.0291. The molecule has 1 amide bonds. The normalized spacial score (nSPS) is 12.9. The number of hydrogen-bond donors (Lipinski definition) is 2. The molecule has 0 bridgehead atoms. The van der Waals surface area contributed by atoms with Crippen molar-refractivity contribution in [2.75, 3.05) is 0 Å². The predicted octanol–water partition coefficient (Wildman–Crippen LogP) is 2.71. The van der Waals surface area contributed by atoms with E-state index in [1.165, 1.54) is 16.8 Å². The Morgan fingerprint density at radius 1 is 1.07 bits per heavy atom. The van der Waals surface area contributed by atoms with Gasteiger partial charge in [-0.05, 0) is 43.2 Å². The zero-order valence-corrected chi connectivity index (χ0v) is 15.9. The molecule has 2 heterocycles. The summed E-state index contributed by atoms with van der Waals surface area (Å²) in [5, 5.41) is 18.4. The van der Waals surface area contributed by atoms with Gasteiger partial charge in [0.05, 0.1) is 12.2 Å². The zero-order chi connectivity index (χ0) is 19.2. The lowest BCUT2D eigenvalue weighted by Crippen LogP contribution is -2.23. The highest BCUT2D eigenvalue weighted by molar-refractivity contribution is 5.76. The fraction of sp³-hybridized carbons (Fsp3) is 0.429. The van der Waals surface area contributed by atoms with Gasteiger partial charge in [-0.15, -0.1) is 10.2 Å². The summed E-state index contributed by atoms with van der Waals surface area (Å²) in [5.74, 6) is 1.13. The molecule has 28 heavy (non-hydrogen) atoms. The molecule has 7 heteroatoms. The number of carbonyl (C=O) groups is 1. The molecule has 0 saturated carbocycles. The van der Waals surface area contributed by atoms with E-state index in [4.69, 9.17) is 4.42 Å². The fourth-order valence-electron chi connectivity index (χ4n) is 3.60. The molecule has 7 nitrogen and oxygen atoms in total. The van der Waals surface area contributed by atoms with E-state index < -0.39 is 0 Å². The number of hydrogen-bond acceptors (Lipinski definition) is 5. The van der Waals surface area contributed by atoms with Crippen LogP contribution in [0.1, 0.15) is 53.6 Å². The van der Waals surface area contributed by atoms with Crippen LogP contribution in [-0.4, -0.2) is 26.3 Å². The van der Waals surface area contributed by atoms with Crippen molar-refractivity contribution in [3.05, 3.63) is 64.6 Å². The monoisotopic (exact) mass is 379 g/mol. The molecule has 0 unspecified atom stereocenters. The molecule has 0 atom stereocenters. The summed E-state index contributed by atoms with van der Waals surface area (Å²) >= 11 is 0. The van der Waals surface area contributed by atoms with Gasteiger partial charge in [-0.3, -0.25) is 9.89 Å². The van der Waals surface area contributed by atoms with E-state index in [0.29, 0.717) is 31.2 Å². The van der Waals surface area contributed by atoms with Crippen molar-refractivity contribution in [1.29, 1.82) is 0 Å². The number of benzene rings is 1. The largest absolute Gasteiger partial charge is 0.425 e. The maximum Gasteiger partial charge on any atom is 0.220 e. The summed E-state index contributed by atoms with van der Waals surface area (Å²) in [7, 11) is 0. The number of aryl methyl sites for hydroxylation is 4. The van der Waals surface area contributed by atoms with Crippen LogP contribution in [0.3, 0.4) is 0 Å². The first-order valence-electron chi connectivity index (χ1n) is 9.95. The smallest absolute Gasteiger partial charge is 0.220 e. The summed E-state index contributed by atoms with van der Waals surface area (Å²) in [6.45, 7) is 0.471. The Kier molecular flexibility index (Phi) is 5.80. The SMILES string of the molecule is O=C(CCc1nnc(CCCc2ccccc2)o1)NCc1n[nH]c2c1CCC2. The van der Waals surface area contributed by atoms with Gasteiger partial charge in [-0.2, -0.15) is 5.10 Å². The minimum Gasteiger partial charge on any atom is -0.425 e. The van der Waals surface area contributed by atoms with Gasteiger partial charge in [0.2, 0.25) is 17.7 Å². The Morgan fingerprint density at radius 3 is 2.75 bits per heavy atom. The van der Waals surface area contributed by atoms with Crippen LogP contribution < -0.4 is 5.32 Å². The molecule has 4 rings (SSSR count). The summed E-state index contributed by atoms with van der Waals surface area (Å²) in [4.78, 5) is 12.1. The molecule has 0 spiro atoms. The van der Waals surface area contributed by atoms with Gasteiger partial charge >= 0.3 is 0 Å². The summed E-state index contributed by atoms with van der Waals surface area (Å²) in [6.07, 6.45) is 6.74. The van der Waals surface area contributed by atoms with Crippen LogP contribution in [0.5, 0.6) is 0 Å². The summed E-state index contributed by atoms with van der Waals surface area (Å²) in [5.41, 5.74) is 4.76. The van der Waals surface area contributed by atoms with E-state index in [1.807, 2.05) is 18.2 Å². The summed E-state index contributed by atoms with van der Waals surface area (Å²) < 4.78 is 5.66. The van der Waals surface area contributed by atoms with Crippen LogP contribution in [-0.2, 0) is 43.4 Å². The highest BCUT2D eigenvalue weighted by Gasteiger charge is 2.18. The van der Waals surface area contributed by atoms with Crippen molar-refractivity contribution in [1.82, 2.24) is 25.7 Å². The van der Waals surface area contributed by atoms with Gasteiger partial charge in [-0.1, -0.05) is 30.3 Å². The zero-order valence-electron chi connectivity index (χ0n) is 15.9. The van der Waals surface area contributed by atoms with E-state index in [-0.39, 0.29) is 5.91 Å². The molecule has 3 aromatic rings. The van der Waals surface area contributed by atoms with Crippen LogP contribution in [0, 0.1) is 0 Å². The number of amides is 1. The number of nitrogens with zero attached hydrogens (tertiary/aromatic N) is 3. The highest BCUT2D eigenvalue weighted by Crippen LogP contribution is 2.22. The lowest BCUT2D eigenvalue weighted by molar-refractivity contribution is -0.121. The number of fused-ring (bicyclic) bond motifs is 1. The Balaban J connectivity index is 1.17. The molecular formula is C21H25N5O2. The number of rotatable bonds is 9. The Hall–Kier alpha value is -2.96. The number of H-pyrrole nitrogens is 1. The third kappa shape index (κ3) is 4.65. The van der Waals surface area contributed by atoms with Crippen molar-refractivity contribution in [2.24, 2.45) is 0 Å². The van der Waals surface area contributed by atoms with Crippen molar-refractivity contribution in [2.45, 2.75) is 57.9 Å². The Labute approximate surface area is 163 Å². The first-order chi connectivity index (χ1) is 13.8. The van der Waals surface area contributed by atoms with Crippen LogP contribution in [0.4, 0.5) is 0 Å². The molecular weight excluding hydrogens is 354 g/mol. The van der Waals surface area contributed by atoms with E-state index in [2.05, 4.69) is 37.8 Å². The predicted molar refractivity (Wildman–Crippen MR) is 104 cm³/mol. The van der Waals surface area contributed by atoms with Crippen molar-refractivity contribution >= 4 is 5.91 Å². The van der Waals surface area contributed by atoms with Gasteiger partial charge in [0.15, 0.2) is 0 Å². The molecule has 1 aliphatic carbocycles. The number of aromatic nitrogens is 4. The first-order valence-corrected chi connectivity index (χ1v) is 9.95. The first kappa shape index (κ1) is 18.4. The molecule has 1 aromatic carbocycles. The number of carbonyl (C=O) groups excluding carboxylic acids is 1. The average molecular weight is 379 g/mol. The standard InChI is InChI=1S/C21H25N5O2/c27-19(22-14-18-16-9-5-10-17(16)23-24-18)12-13-21-26-25-20(28-21)11-4-8-15-6-2-1-3-7-15/h1-3,6-7H,4-5,8-14H2,(H,22,27)(H,23,24). The van der Waals surface area contributed by atoms with E-state index in [9.17, 15) is 4.79 Å². The van der Waals surface area contributed by atoms with Crippen LogP contribution >= 0.6 is 0 Å². The van der Waals surface area contributed by atoms with E-state index >= 15 is 0 Å². The third-order valence-electron chi connectivity index (χ3n) is 5.12. The molecule has 0 aliphatic heterocycles. The fourth-order valence-corrected chi connectivity index (χ4v) is 3.60. The second-order valence-corrected chi connectivity index (χ2v) is 7.19. The maximum atomic E-state index is 12.1. The lowest BCUT2D eigenvalue weighted by atomic mass is 10.1. The second-order valence-electron chi connectivity index (χ2n) is 7.19. The Morgan fingerprint density at radius 2 is 1.89 bits per heavy atom. The Bertz CT molecular complexity index is 916. The van der Waals surface area contributed by atoms with Crippen molar-refractivity contribution in [3.8, 4) is 0 Å². The molecule has 0 radical (unpaired) electrons. The average Bonchev–Trinajstić information content (AvgIpc) is 3.43. The molecule has 0 saturated heterocycles. The maximum absolute atomic E-state index is 12.1. The van der Waals surface area contributed by atoms with Crippen LogP contribution in [0.2, 0.25) is 0 Å². The molecule has 1 aliphatic rings. The highest BCUT2D eigenvalue weighted by atomic mass is 16.4. The topological polar surface area (TPSA) is 96.7 Å². The molecule has 0 fully saturated rings. The van der Waals surface area contributed by atoms with Crippen molar-refractivity contribution in [3.63, 3.8) is 0 Å². The van der Waals surface area contributed by atoms with Crippen LogP contribution in [0.25, 0.3) is 0 Å². The second kappa shape index (κ2) is 8.82. The van der Waals surface area contributed by atoms with Gasteiger partial charge in [0.25, 0.3) is 0 Å². The van der Waals surface area contributed by atoms with Crippen LogP contribution in [0.15, 0.2) is 34.7 Å². The minimum atomic E-state index is -0.0291. The summed E-state index contributed by atoms with van der Waals surface area (Å²) in [6, 6.07) is 10.4. The number of aromatic amines is 1. The van der Waals surface area contributed by atoms with E-state index in [1.54, 1.807) is 0 Å². The third-order valence-corrected chi connectivity index (χ3v) is 5.12. The lowest BCUT2D eigenvalue weighted by Gasteiger charge is -2.03. The molecule has 146 valence electrons. The van der Waals surface area contributed by atoms with E-state index in [0.717, 1.165) is 44.2 Å². The van der Waals surface area contributed by atoms with Gasteiger partial charge < -0.3 is 9.73 Å². The van der Waals surface area contributed by atoms with Gasteiger partial charge in [0.1, 0.15) is 0 Å². The van der Waals surface area contributed by atoms with Crippen molar-refractivity contribution < 1.29 is 9.21 Å². The van der Waals surface area contributed by atoms with Gasteiger partial charge in [0, 0.05) is 25.0 Å². The molecule has 2 N–H and O–H groups in total. The number of nitrogens with one attached hydrogen (secondary N) is 2.